The highest BCUT2D eigenvalue weighted by molar-refractivity contribution is 7.29. The number of nitrogens with one attached hydrogen (secondary N) is 2. The van der Waals surface area contributed by atoms with E-state index >= 15 is 0 Å². The number of carbonyl (C=O) groups excluding carboxylic acids is 2. The van der Waals surface area contributed by atoms with Crippen molar-refractivity contribution in [1.82, 2.24) is 15.6 Å². The first-order chi connectivity index (χ1) is 12.8. The summed E-state index contributed by atoms with van der Waals surface area (Å²) in [6.07, 6.45) is 0. The molecule has 0 fully saturated rings. The minimum atomic E-state index is -0.417. The lowest BCUT2D eigenvalue weighted by Gasteiger charge is -2.07. The molecule has 27 heavy (non-hydrogen) atoms. The molecule has 0 spiro atoms. The first-order valence-corrected chi connectivity index (χ1v) is 9.88. The van der Waals surface area contributed by atoms with Crippen LogP contribution in [-0.2, 0) is 0 Å². The first-order valence-electron chi connectivity index (χ1n) is 8.25. The normalized spacial score (nSPS) is 10.8. The van der Waals surface area contributed by atoms with Crippen LogP contribution in [0.3, 0.4) is 0 Å². The number of benzene rings is 1. The van der Waals surface area contributed by atoms with Crippen molar-refractivity contribution in [2.24, 2.45) is 0 Å². The number of hydrogen-bond donors (Lipinski definition) is 2. The summed E-state index contributed by atoms with van der Waals surface area (Å²) in [6.45, 7) is 2.17. The minimum Gasteiger partial charge on any atom is -0.354 e. The van der Waals surface area contributed by atoms with Gasteiger partial charge in [-0.1, -0.05) is 17.4 Å². The third-order valence-corrected chi connectivity index (χ3v) is 6.14. The van der Waals surface area contributed by atoms with Crippen LogP contribution >= 0.6 is 22.7 Å². The number of amides is 2. The van der Waals surface area contributed by atoms with E-state index in [1.165, 1.54) is 28.7 Å². The molecule has 0 atom stereocenters. The fourth-order valence-electron chi connectivity index (χ4n) is 2.30. The number of nitrogens with zero attached hydrogens (tertiary/aromatic N) is 2. The Bertz CT molecular complexity index is 965. The third kappa shape index (κ3) is 4.42. The molecule has 2 aromatic heterocycles. The van der Waals surface area contributed by atoms with Crippen LogP contribution in [0.5, 0.6) is 0 Å². The summed E-state index contributed by atoms with van der Waals surface area (Å²) in [6, 6.07) is 6.16. The van der Waals surface area contributed by atoms with Gasteiger partial charge in [0.05, 0.1) is 9.58 Å². The number of thiophene rings is 1. The van der Waals surface area contributed by atoms with Crippen molar-refractivity contribution in [2.75, 3.05) is 32.1 Å². The second kappa shape index (κ2) is 8.01. The molecule has 2 heterocycles. The molecule has 0 aliphatic rings. The van der Waals surface area contributed by atoms with Gasteiger partial charge in [-0.05, 0) is 30.7 Å². The number of anilines is 1. The first kappa shape index (κ1) is 19.2. The van der Waals surface area contributed by atoms with Crippen LogP contribution in [0, 0.1) is 12.7 Å². The molecular weight excluding hydrogens is 387 g/mol. The van der Waals surface area contributed by atoms with Crippen LogP contribution in [-0.4, -0.2) is 44.0 Å². The Kier molecular flexibility index (Phi) is 5.71. The Balaban J connectivity index is 1.49. The van der Waals surface area contributed by atoms with Crippen LogP contribution in [0.25, 0.3) is 9.53 Å². The average molecular weight is 407 g/mol. The van der Waals surface area contributed by atoms with Gasteiger partial charge in [-0.3, -0.25) is 9.59 Å². The Morgan fingerprint density at radius 1 is 1.11 bits per heavy atom. The van der Waals surface area contributed by atoms with Crippen LogP contribution in [0.2, 0.25) is 0 Å². The maximum Gasteiger partial charge on any atom is 0.261 e. The molecule has 1 aromatic carbocycles. The topological polar surface area (TPSA) is 74.3 Å². The van der Waals surface area contributed by atoms with Crippen LogP contribution in [0.15, 0.2) is 24.3 Å². The number of aryl methyl sites for hydroxylation is 1. The van der Waals surface area contributed by atoms with Gasteiger partial charge in [0.2, 0.25) is 0 Å². The molecular formula is C18H19FN4O2S2. The van der Waals surface area contributed by atoms with Gasteiger partial charge in [0.15, 0.2) is 5.13 Å². The number of rotatable bonds is 6. The zero-order valence-corrected chi connectivity index (χ0v) is 16.8. The van der Waals surface area contributed by atoms with Crippen molar-refractivity contribution < 1.29 is 14.0 Å². The van der Waals surface area contributed by atoms with Gasteiger partial charge in [-0.25, -0.2) is 9.37 Å². The maximum absolute atomic E-state index is 13.5. The van der Waals surface area contributed by atoms with Crippen molar-refractivity contribution in [3.63, 3.8) is 0 Å². The highest BCUT2D eigenvalue weighted by Gasteiger charge is 2.14. The lowest BCUT2D eigenvalue weighted by molar-refractivity contribution is 0.0929. The molecule has 0 aliphatic carbocycles. The Labute approximate surface area is 164 Å². The lowest BCUT2D eigenvalue weighted by Crippen LogP contribution is -2.34. The number of hydrogen-bond acceptors (Lipinski definition) is 6. The van der Waals surface area contributed by atoms with Gasteiger partial charge >= 0.3 is 0 Å². The minimum absolute atomic E-state index is 0.202. The van der Waals surface area contributed by atoms with E-state index in [1.807, 2.05) is 25.1 Å². The van der Waals surface area contributed by atoms with Crippen molar-refractivity contribution >= 4 is 49.1 Å². The van der Waals surface area contributed by atoms with E-state index in [1.54, 1.807) is 19.1 Å². The zero-order valence-electron chi connectivity index (χ0n) is 15.1. The summed E-state index contributed by atoms with van der Waals surface area (Å²) in [7, 11) is 3.85. The zero-order chi connectivity index (χ0) is 19.6. The molecule has 2 N–H and O–H groups in total. The van der Waals surface area contributed by atoms with Gasteiger partial charge in [-0.15, -0.1) is 11.3 Å². The Hall–Kier alpha value is -2.52. The third-order valence-electron chi connectivity index (χ3n) is 3.81. The molecule has 9 heteroatoms. The van der Waals surface area contributed by atoms with Gasteiger partial charge in [0.25, 0.3) is 11.8 Å². The smallest absolute Gasteiger partial charge is 0.261 e. The number of thiazole rings is 1. The fraction of sp³-hybridized carbons (Fsp3) is 0.278. The molecule has 0 aliphatic heterocycles. The summed E-state index contributed by atoms with van der Waals surface area (Å²) < 4.78 is 14.5. The number of halogens is 1. The molecule has 6 nitrogen and oxygen atoms in total. The second-order valence-corrected chi connectivity index (χ2v) is 8.19. The summed E-state index contributed by atoms with van der Waals surface area (Å²) in [4.78, 5) is 32.1. The SMILES string of the molecule is Cc1ccc(C(=O)NCCNC(=O)c2cc3sc(N(C)C)nc3s2)cc1F. The summed E-state index contributed by atoms with van der Waals surface area (Å²) in [5.41, 5.74) is 0.743. The van der Waals surface area contributed by atoms with Crippen molar-refractivity contribution in [3.05, 3.63) is 46.1 Å². The molecule has 0 bridgehead atoms. The standard InChI is InChI=1S/C18H19FN4O2S2/c1-10-4-5-11(8-12(10)19)15(24)20-6-7-21-16(25)13-9-14-17(26-13)22-18(27-14)23(2)3/h4-5,8-9H,6-7H2,1-3H3,(H,20,24)(H,21,25). The number of fused-ring (bicyclic) bond motifs is 1. The predicted molar refractivity (Wildman–Crippen MR) is 108 cm³/mol. The van der Waals surface area contributed by atoms with Crippen molar-refractivity contribution in [3.8, 4) is 0 Å². The molecule has 3 aromatic rings. The number of carbonyl (C=O) groups is 2. The summed E-state index contributed by atoms with van der Waals surface area (Å²) >= 11 is 2.87. The van der Waals surface area contributed by atoms with Gasteiger partial charge in [-0.2, -0.15) is 0 Å². The van der Waals surface area contributed by atoms with E-state index in [9.17, 15) is 14.0 Å². The Morgan fingerprint density at radius 2 is 1.81 bits per heavy atom. The highest BCUT2D eigenvalue weighted by atomic mass is 32.1. The molecule has 0 saturated heterocycles. The van der Waals surface area contributed by atoms with E-state index in [0.29, 0.717) is 10.4 Å². The molecule has 0 saturated carbocycles. The molecule has 2 amide bonds. The quantitative estimate of drug-likeness (QED) is 0.617. The van der Waals surface area contributed by atoms with E-state index in [0.717, 1.165) is 14.7 Å². The fourth-order valence-corrected chi connectivity index (χ4v) is 4.35. The van der Waals surface area contributed by atoms with Crippen molar-refractivity contribution in [1.29, 1.82) is 0 Å². The highest BCUT2D eigenvalue weighted by Crippen LogP contribution is 2.33. The van der Waals surface area contributed by atoms with E-state index < -0.39 is 5.82 Å². The van der Waals surface area contributed by atoms with Crippen LogP contribution < -0.4 is 15.5 Å². The van der Waals surface area contributed by atoms with Gasteiger partial charge in [0, 0.05) is 32.7 Å². The largest absolute Gasteiger partial charge is 0.354 e. The monoisotopic (exact) mass is 406 g/mol. The van der Waals surface area contributed by atoms with Crippen LogP contribution in [0.4, 0.5) is 9.52 Å². The molecule has 0 unspecified atom stereocenters. The maximum atomic E-state index is 13.5. The summed E-state index contributed by atoms with van der Waals surface area (Å²) in [5, 5.41) is 6.33. The van der Waals surface area contributed by atoms with Gasteiger partial charge < -0.3 is 15.5 Å². The average Bonchev–Trinajstić information content (AvgIpc) is 3.20. The summed E-state index contributed by atoms with van der Waals surface area (Å²) in [5.74, 6) is -0.993. The lowest BCUT2D eigenvalue weighted by atomic mass is 10.1. The molecule has 3 rings (SSSR count). The second-order valence-electron chi connectivity index (χ2n) is 6.15. The molecule has 0 radical (unpaired) electrons. The van der Waals surface area contributed by atoms with Crippen LogP contribution in [0.1, 0.15) is 25.6 Å². The van der Waals surface area contributed by atoms with E-state index in [2.05, 4.69) is 15.6 Å². The van der Waals surface area contributed by atoms with Crippen molar-refractivity contribution in [2.45, 2.75) is 6.92 Å². The molecule has 142 valence electrons. The number of aromatic nitrogens is 1. The Morgan fingerprint density at radius 3 is 2.44 bits per heavy atom. The van der Waals surface area contributed by atoms with E-state index in [4.69, 9.17) is 0 Å². The predicted octanol–water partition coefficient (Wildman–Crippen LogP) is 3.03. The van der Waals surface area contributed by atoms with E-state index in [-0.39, 0.29) is 30.5 Å². The van der Waals surface area contributed by atoms with Gasteiger partial charge in [0.1, 0.15) is 10.6 Å².